The van der Waals surface area contributed by atoms with Gasteiger partial charge in [0.1, 0.15) is 5.75 Å². The summed E-state index contributed by atoms with van der Waals surface area (Å²) in [6, 6.07) is 14.8. The number of ether oxygens (including phenoxy) is 1. The molecule has 0 spiro atoms. The van der Waals surface area contributed by atoms with Crippen LogP contribution in [0.1, 0.15) is 55.5 Å². The molecule has 0 saturated carbocycles. The molecule has 5 nitrogen and oxygen atoms in total. The molecule has 1 amide bonds. The van der Waals surface area contributed by atoms with Gasteiger partial charge in [-0.3, -0.25) is 4.79 Å². The third kappa shape index (κ3) is 4.01. The maximum atomic E-state index is 13.2. The van der Waals surface area contributed by atoms with Gasteiger partial charge in [-0.2, -0.15) is 0 Å². The third-order valence-electron chi connectivity index (χ3n) is 6.73. The highest BCUT2D eigenvalue weighted by Crippen LogP contribution is 2.36. The second-order valence-electron chi connectivity index (χ2n) is 8.65. The zero-order chi connectivity index (χ0) is 21.2. The van der Waals surface area contributed by atoms with Crippen molar-refractivity contribution in [2.75, 3.05) is 13.2 Å². The number of likely N-dealkylation sites (tertiary alicyclic amines) is 1. The Labute approximate surface area is 183 Å². The highest BCUT2D eigenvalue weighted by molar-refractivity contribution is 5.81. The van der Waals surface area contributed by atoms with E-state index in [0.717, 1.165) is 74.2 Å². The van der Waals surface area contributed by atoms with E-state index in [-0.39, 0.29) is 12.0 Å². The zero-order valence-corrected chi connectivity index (χ0v) is 18.1. The average molecular weight is 416 g/mol. The van der Waals surface area contributed by atoms with E-state index in [1.165, 1.54) is 11.1 Å². The molecule has 2 aromatic heterocycles. The van der Waals surface area contributed by atoms with E-state index < -0.39 is 0 Å². The molecular formula is C26H29N3O2. The van der Waals surface area contributed by atoms with Crippen LogP contribution in [-0.2, 0) is 17.6 Å². The van der Waals surface area contributed by atoms with Gasteiger partial charge in [0.25, 0.3) is 0 Å². The summed E-state index contributed by atoms with van der Waals surface area (Å²) in [5.74, 6) is 1.43. The van der Waals surface area contributed by atoms with Gasteiger partial charge < -0.3 is 9.64 Å². The van der Waals surface area contributed by atoms with Gasteiger partial charge in [-0.15, -0.1) is 0 Å². The van der Waals surface area contributed by atoms with Crippen LogP contribution in [-0.4, -0.2) is 33.9 Å². The van der Waals surface area contributed by atoms with Crippen LogP contribution < -0.4 is 4.74 Å². The number of hydrogen-bond acceptors (Lipinski definition) is 4. The Bertz CT molecular complexity index is 1100. The van der Waals surface area contributed by atoms with Crippen molar-refractivity contribution in [2.24, 2.45) is 5.92 Å². The molecule has 2 unspecified atom stereocenters. The molecule has 1 fully saturated rings. The van der Waals surface area contributed by atoms with E-state index in [0.29, 0.717) is 5.91 Å². The van der Waals surface area contributed by atoms with Gasteiger partial charge in [0, 0.05) is 36.2 Å². The number of rotatable bonds is 7. The fourth-order valence-corrected chi connectivity index (χ4v) is 5.03. The predicted molar refractivity (Wildman–Crippen MR) is 121 cm³/mol. The molecule has 0 aliphatic carbocycles. The first-order chi connectivity index (χ1) is 15.2. The van der Waals surface area contributed by atoms with E-state index in [9.17, 15) is 4.79 Å². The first-order valence-corrected chi connectivity index (χ1v) is 11.5. The summed E-state index contributed by atoms with van der Waals surface area (Å²) in [5, 5.41) is 1.07. The van der Waals surface area contributed by atoms with Crippen LogP contribution >= 0.6 is 0 Å². The Morgan fingerprint density at radius 3 is 3.06 bits per heavy atom. The molecule has 2 aliphatic rings. The number of nitrogens with zero attached hydrogens (tertiary/aromatic N) is 3. The fraction of sp³-hybridized carbons (Fsp3) is 0.423. The summed E-state index contributed by atoms with van der Waals surface area (Å²) >= 11 is 0. The number of fused-ring (bicyclic) bond motifs is 2. The van der Waals surface area contributed by atoms with Crippen molar-refractivity contribution in [3.8, 4) is 5.75 Å². The first-order valence-electron chi connectivity index (χ1n) is 11.5. The van der Waals surface area contributed by atoms with Gasteiger partial charge in [-0.25, -0.2) is 9.97 Å². The maximum absolute atomic E-state index is 13.2. The topological polar surface area (TPSA) is 55.3 Å². The third-order valence-corrected chi connectivity index (χ3v) is 6.73. The summed E-state index contributed by atoms with van der Waals surface area (Å²) in [6.07, 6.45) is 7.41. The Morgan fingerprint density at radius 2 is 2.16 bits per heavy atom. The minimum absolute atomic E-state index is 0.123. The molecule has 1 aromatic carbocycles. The molecule has 2 atom stereocenters. The van der Waals surface area contributed by atoms with E-state index in [4.69, 9.17) is 4.74 Å². The van der Waals surface area contributed by atoms with Gasteiger partial charge in [0.05, 0.1) is 12.6 Å². The molecule has 5 rings (SSSR count). The van der Waals surface area contributed by atoms with Crippen LogP contribution in [0.2, 0.25) is 0 Å². The van der Waals surface area contributed by atoms with Crippen molar-refractivity contribution in [1.82, 2.24) is 14.9 Å². The summed E-state index contributed by atoms with van der Waals surface area (Å²) in [6.45, 7) is 3.78. The van der Waals surface area contributed by atoms with Crippen molar-refractivity contribution in [3.63, 3.8) is 0 Å². The molecule has 0 radical (unpaired) electrons. The van der Waals surface area contributed by atoms with Crippen LogP contribution in [0.25, 0.3) is 11.0 Å². The lowest BCUT2D eigenvalue weighted by Crippen LogP contribution is -2.31. The molecule has 1 saturated heterocycles. The molecular weight excluding hydrogens is 386 g/mol. The average Bonchev–Trinajstić information content (AvgIpc) is 3.41. The number of amides is 1. The highest BCUT2D eigenvalue weighted by atomic mass is 16.5. The second-order valence-corrected chi connectivity index (χ2v) is 8.65. The number of carbonyl (C=O) groups is 1. The minimum Gasteiger partial charge on any atom is -0.493 e. The van der Waals surface area contributed by atoms with Crippen LogP contribution in [0.15, 0.2) is 48.7 Å². The van der Waals surface area contributed by atoms with Gasteiger partial charge in [-0.1, -0.05) is 19.1 Å². The number of carbonyl (C=O) groups excluding carboxylic acids is 1. The Balaban J connectivity index is 1.20. The summed E-state index contributed by atoms with van der Waals surface area (Å²) in [4.78, 5) is 24.3. The van der Waals surface area contributed by atoms with Crippen LogP contribution in [0.4, 0.5) is 0 Å². The van der Waals surface area contributed by atoms with Gasteiger partial charge in [0.15, 0.2) is 5.65 Å². The summed E-state index contributed by atoms with van der Waals surface area (Å²) < 4.78 is 5.75. The number of aromatic nitrogens is 2. The van der Waals surface area contributed by atoms with E-state index >= 15 is 0 Å². The normalized spacial score (nSPS) is 18.9. The van der Waals surface area contributed by atoms with Crippen molar-refractivity contribution in [3.05, 3.63) is 65.5 Å². The summed E-state index contributed by atoms with van der Waals surface area (Å²) in [5.41, 5.74) is 4.33. The van der Waals surface area contributed by atoms with E-state index in [1.54, 1.807) is 6.20 Å². The van der Waals surface area contributed by atoms with Crippen LogP contribution in [0.5, 0.6) is 5.75 Å². The smallest absolute Gasteiger partial charge is 0.226 e. The number of aryl methyl sites for hydroxylation is 1. The lowest BCUT2D eigenvalue weighted by Gasteiger charge is -2.28. The Kier molecular flexibility index (Phi) is 5.58. The van der Waals surface area contributed by atoms with Crippen molar-refractivity contribution < 1.29 is 9.53 Å². The SMILES string of the molecule is CCC(c1ccc2c(c1)OCC2)N1CCC(CCCc2ccc3cccnc3n2)C1=O. The molecule has 5 heteroatoms. The van der Waals surface area contributed by atoms with Crippen LogP contribution in [0, 0.1) is 5.92 Å². The van der Waals surface area contributed by atoms with E-state index in [1.807, 2.05) is 12.1 Å². The molecule has 4 heterocycles. The molecule has 31 heavy (non-hydrogen) atoms. The quantitative estimate of drug-likeness (QED) is 0.551. The Morgan fingerprint density at radius 1 is 1.23 bits per heavy atom. The molecule has 3 aromatic rings. The Hall–Kier alpha value is -2.95. The standard InChI is InChI=1S/C26H29N3O2/c1-2-23(21-9-8-18-13-16-31-24(18)17-21)29-15-12-20(26(29)30)5-3-7-22-11-10-19-6-4-14-27-25(19)28-22/h4,6,8-11,14,17,20,23H,2-3,5,7,12-13,15-16H2,1H3. The van der Waals surface area contributed by atoms with Crippen molar-refractivity contribution in [1.29, 1.82) is 0 Å². The fourth-order valence-electron chi connectivity index (χ4n) is 5.03. The van der Waals surface area contributed by atoms with Gasteiger partial charge in [0.2, 0.25) is 5.91 Å². The van der Waals surface area contributed by atoms with Gasteiger partial charge in [-0.05, 0) is 73.6 Å². The van der Waals surface area contributed by atoms with Crippen molar-refractivity contribution >= 4 is 16.9 Å². The summed E-state index contributed by atoms with van der Waals surface area (Å²) in [7, 11) is 0. The predicted octanol–water partition coefficient (Wildman–Crippen LogP) is 4.89. The molecule has 0 N–H and O–H groups in total. The zero-order valence-electron chi connectivity index (χ0n) is 18.1. The van der Waals surface area contributed by atoms with E-state index in [2.05, 4.69) is 52.1 Å². The number of hydrogen-bond donors (Lipinski definition) is 0. The first kappa shape index (κ1) is 20.0. The molecule has 160 valence electrons. The molecule has 2 aliphatic heterocycles. The molecule has 0 bridgehead atoms. The number of pyridine rings is 2. The number of benzene rings is 1. The highest BCUT2D eigenvalue weighted by Gasteiger charge is 2.35. The lowest BCUT2D eigenvalue weighted by molar-refractivity contribution is -0.133. The van der Waals surface area contributed by atoms with Crippen molar-refractivity contribution in [2.45, 2.75) is 51.5 Å². The largest absolute Gasteiger partial charge is 0.493 e. The monoisotopic (exact) mass is 415 g/mol. The van der Waals surface area contributed by atoms with Gasteiger partial charge >= 0.3 is 0 Å². The maximum Gasteiger partial charge on any atom is 0.226 e. The minimum atomic E-state index is 0.123. The van der Waals surface area contributed by atoms with Crippen LogP contribution in [0.3, 0.4) is 0 Å². The lowest BCUT2D eigenvalue weighted by atomic mass is 9.98. The second kappa shape index (κ2) is 8.66.